The first-order valence-electron chi connectivity index (χ1n) is 9.37. The zero-order valence-electron chi connectivity index (χ0n) is 16.5. The van der Waals surface area contributed by atoms with E-state index in [2.05, 4.69) is 29.5 Å². The molecule has 3 rings (SSSR count). The molecule has 0 fully saturated rings. The van der Waals surface area contributed by atoms with Crippen LogP contribution in [0.4, 0.5) is 24.5 Å². The summed E-state index contributed by atoms with van der Waals surface area (Å²) in [5, 5.41) is 1.62. The van der Waals surface area contributed by atoms with Crippen LogP contribution in [0.25, 0.3) is 0 Å². The Morgan fingerprint density at radius 2 is 1.83 bits per heavy atom. The summed E-state index contributed by atoms with van der Waals surface area (Å²) in [6.45, 7) is 4.25. The molecular formula is C20H23F3N4O2S. The molecule has 0 amide bonds. The maximum atomic E-state index is 13.2. The lowest BCUT2D eigenvalue weighted by Gasteiger charge is -2.17. The van der Waals surface area contributed by atoms with E-state index in [-0.39, 0.29) is 4.90 Å². The molecule has 0 saturated carbocycles. The summed E-state index contributed by atoms with van der Waals surface area (Å²) < 4.78 is 67.1. The minimum absolute atomic E-state index is 0.150. The molecule has 1 heterocycles. The molecule has 0 radical (unpaired) electrons. The van der Waals surface area contributed by atoms with E-state index in [4.69, 9.17) is 0 Å². The van der Waals surface area contributed by atoms with Gasteiger partial charge in [-0.25, -0.2) is 8.42 Å². The summed E-state index contributed by atoms with van der Waals surface area (Å²) in [6, 6.07) is 10.4. The van der Waals surface area contributed by atoms with Crippen molar-refractivity contribution in [2.45, 2.75) is 37.8 Å². The molecule has 0 unspecified atom stereocenters. The summed E-state index contributed by atoms with van der Waals surface area (Å²) in [5.74, 6) is 0.542. The molecule has 0 atom stereocenters. The van der Waals surface area contributed by atoms with Crippen molar-refractivity contribution in [1.29, 1.82) is 0 Å². The first-order valence-corrected chi connectivity index (χ1v) is 10.9. The molecule has 1 aliphatic rings. The lowest BCUT2D eigenvalue weighted by molar-refractivity contribution is -0.136. The normalized spacial score (nSPS) is 14.6. The summed E-state index contributed by atoms with van der Waals surface area (Å²) in [7, 11) is -4.23. The second kappa shape index (κ2) is 8.57. The number of hydrogen-bond donors (Lipinski definition) is 3. The van der Waals surface area contributed by atoms with Gasteiger partial charge in [0.1, 0.15) is 0 Å². The molecular weight excluding hydrogens is 417 g/mol. The molecule has 30 heavy (non-hydrogen) atoms. The average Bonchev–Trinajstić information content (AvgIpc) is 3.15. The maximum Gasteiger partial charge on any atom is 0.418 e. The van der Waals surface area contributed by atoms with Crippen molar-refractivity contribution >= 4 is 21.4 Å². The fourth-order valence-electron chi connectivity index (χ4n) is 2.89. The number of nitrogens with one attached hydrogen (secondary N) is 3. The van der Waals surface area contributed by atoms with Gasteiger partial charge in [0, 0.05) is 11.9 Å². The summed E-state index contributed by atoms with van der Waals surface area (Å²) in [4.78, 5) is -0.150. The Morgan fingerprint density at radius 1 is 1.10 bits per heavy atom. The van der Waals surface area contributed by atoms with Gasteiger partial charge in [-0.1, -0.05) is 32.0 Å². The van der Waals surface area contributed by atoms with E-state index in [1.165, 1.54) is 30.3 Å². The number of rotatable bonds is 7. The number of alkyl halides is 3. The van der Waals surface area contributed by atoms with Gasteiger partial charge in [0.05, 0.1) is 21.8 Å². The monoisotopic (exact) mass is 440 g/mol. The Labute approximate surface area is 173 Å². The van der Waals surface area contributed by atoms with Gasteiger partial charge in [-0.3, -0.25) is 9.73 Å². The van der Waals surface area contributed by atoms with Gasteiger partial charge in [-0.2, -0.15) is 13.2 Å². The van der Waals surface area contributed by atoms with Crippen LogP contribution in [-0.4, -0.2) is 8.42 Å². The molecule has 0 aliphatic carbocycles. The quantitative estimate of drug-likeness (QED) is 0.586. The van der Waals surface area contributed by atoms with Crippen LogP contribution in [0.2, 0.25) is 0 Å². The largest absolute Gasteiger partial charge is 0.418 e. The van der Waals surface area contributed by atoms with Crippen molar-refractivity contribution < 1.29 is 21.6 Å². The van der Waals surface area contributed by atoms with Crippen LogP contribution in [0.1, 0.15) is 32.3 Å². The van der Waals surface area contributed by atoms with Gasteiger partial charge in [-0.05, 0) is 49.1 Å². The first kappa shape index (κ1) is 22.0. The topological polar surface area (TPSA) is 73.5 Å². The number of benzene rings is 2. The lowest BCUT2D eigenvalue weighted by Crippen LogP contribution is -2.36. The van der Waals surface area contributed by atoms with Crippen molar-refractivity contribution in [1.82, 2.24) is 11.0 Å². The minimum Gasteiger partial charge on any atom is -0.306 e. The highest BCUT2D eigenvalue weighted by Crippen LogP contribution is 2.35. The predicted octanol–water partition coefficient (Wildman–Crippen LogP) is 4.61. The molecule has 0 saturated heterocycles. The van der Waals surface area contributed by atoms with E-state index in [0.29, 0.717) is 11.6 Å². The van der Waals surface area contributed by atoms with Gasteiger partial charge in [0.25, 0.3) is 10.0 Å². The number of sulfonamides is 1. The third-order valence-corrected chi connectivity index (χ3v) is 5.86. The van der Waals surface area contributed by atoms with E-state index in [1.807, 2.05) is 6.20 Å². The zero-order chi connectivity index (χ0) is 21.9. The molecule has 3 N–H and O–H groups in total. The second-order valence-corrected chi connectivity index (χ2v) is 9.02. The predicted molar refractivity (Wildman–Crippen MR) is 110 cm³/mol. The van der Waals surface area contributed by atoms with Gasteiger partial charge in [0.15, 0.2) is 0 Å². The molecule has 0 spiro atoms. The second-order valence-electron chi connectivity index (χ2n) is 7.34. The van der Waals surface area contributed by atoms with Crippen LogP contribution < -0.4 is 20.7 Å². The van der Waals surface area contributed by atoms with Crippen LogP contribution in [0, 0.1) is 5.92 Å². The van der Waals surface area contributed by atoms with Crippen molar-refractivity contribution in [2.24, 2.45) is 5.92 Å². The third-order valence-electron chi connectivity index (χ3n) is 4.50. The SMILES string of the molecule is CC(C)CCC1=CN(c2cccc(S(=O)(=O)Nc3ccccc3C(F)(F)F)c2)NN1. The molecule has 162 valence electrons. The van der Waals surface area contributed by atoms with Gasteiger partial charge in [0.2, 0.25) is 0 Å². The Kier molecular flexibility index (Phi) is 6.27. The third kappa shape index (κ3) is 5.25. The van der Waals surface area contributed by atoms with Crippen LogP contribution in [0.3, 0.4) is 0 Å². The van der Waals surface area contributed by atoms with Gasteiger partial charge < -0.3 is 5.43 Å². The maximum absolute atomic E-state index is 13.2. The Balaban J connectivity index is 1.83. The molecule has 10 heteroatoms. The van der Waals surface area contributed by atoms with Crippen LogP contribution >= 0.6 is 0 Å². The zero-order valence-corrected chi connectivity index (χ0v) is 17.3. The molecule has 1 aliphatic heterocycles. The highest BCUT2D eigenvalue weighted by atomic mass is 32.2. The lowest BCUT2D eigenvalue weighted by atomic mass is 10.1. The Bertz CT molecular complexity index is 1040. The number of hydrogen-bond acceptors (Lipinski definition) is 5. The van der Waals surface area contributed by atoms with E-state index in [1.54, 1.807) is 11.1 Å². The van der Waals surface area contributed by atoms with E-state index in [9.17, 15) is 21.6 Å². The summed E-state index contributed by atoms with van der Waals surface area (Å²) in [6.07, 6.45) is -1.04. The fourth-order valence-corrected chi connectivity index (χ4v) is 4.01. The van der Waals surface area contributed by atoms with Crippen molar-refractivity contribution in [3.8, 4) is 0 Å². The Morgan fingerprint density at radius 3 is 2.53 bits per heavy atom. The van der Waals surface area contributed by atoms with E-state index >= 15 is 0 Å². The van der Waals surface area contributed by atoms with Crippen LogP contribution in [0.15, 0.2) is 65.3 Å². The average molecular weight is 440 g/mol. The Hall–Kier alpha value is -2.72. The van der Waals surface area contributed by atoms with Gasteiger partial charge >= 0.3 is 6.18 Å². The number of anilines is 2. The number of allylic oxidation sites excluding steroid dienone is 1. The molecule has 0 aromatic heterocycles. The highest BCUT2D eigenvalue weighted by molar-refractivity contribution is 7.92. The highest BCUT2D eigenvalue weighted by Gasteiger charge is 2.34. The van der Waals surface area contributed by atoms with Crippen molar-refractivity contribution in [3.63, 3.8) is 0 Å². The molecule has 2 aromatic carbocycles. The molecule has 6 nitrogen and oxygen atoms in total. The van der Waals surface area contributed by atoms with Crippen LogP contribution in [-0.2, 0) is 16.2 Å². The number of hydrazine groups is 2. The van der Waals surface area contributed by atoms with Crippen molar-refractivity contribution in [2.75, 3.05) is 9.73 Å². The minimum atomic E-state index is -4.68. The smallest absolute Gasteiger partial charge is 0.306 e. The van der Waals surface area contributed by atoms with Crippen molar-refractivity contribution in [3.05, 3.63) is 66.0 Å². The number of halogens is 3. The van der Waals surface area contributed by atoms with E-state index < -0.39 is 27.5 Å². The van der Waals surface area contributed by atoms with Crippen LogP contribution in [0.5, 0.6) is 0 Å². The number of para-hydroxylation sites is 1. The summed E-state index contributed by atoms with van der Waals surface area (Å²) >= 11 is 0. The standard InChI is InChI=1S/C20H23F3N4O2S/c1-14(2)10-11-15-13-27(26-24-15)16-6-5-7-17(12-16)30(28,29)25-19-9-4-3-8-18(19)20(21,22)23/h3-9,12-14,24-26H,10-11H2,1-2H3. The summed E-state index contributed by atoms with van der Waals surface area (Å²) in [5.41, 5.74) is 5.87. The van der Waals surface area contributed by atoms with Gasteiger partial charge in [-0.15, -0.1) is 5.53 Å². The number of nitrogens with zero attached hydrogens (tertiary/aromatic N) is 1. The molecule has 2 aromatic rings. The first-order chi connectivity index (χ1) is 14.1. The van der Waals surface area contributed by atoms with E-state index in [0.717, 1.165) is 30.7 Å². The fraction of sp³-hybridized carbons (Fsp3) is 0.300. The molecule has 0 bridgehead atoms.